The second-order valence-electron chi connectivity index (χ2n) is 15.7. The van der Waals surface area contributed by atoms with Crippen LogP contribution in [-0.2, 0) is 13.1 Å². The number of hydrogen-bond donors (Lipinski definition) is 0. The number of pyridine rings is 2. The predicted molar refractivity (Wildman–Crippen MR) is 179 cm³/mol. The molecule has 0 unspecified atom stereocenters. The highest BCUT2D eigenvalue weighted by Gasteiger charge is 2.97. The lowest BCUT2D eigenvalue weighted by molar-refractivity contribution is -0.461. The summed E-state index contributed by atoms with van der Waals surface area (Å²) in [6.07, 6.45) is -23.5. The predicted octanol–water partition coefficient (Wildman–Crippen LogP) is 14.4. The molecule has 0 spiro atoms. The van der Waals surface area contributed by atoms with Crippen molar-refractivity contribution in [2.75, 3.05) is 26.2 Å². The molecule has 2 rings (SSSR count). The summed E-state index contributed by atoms with van der Waals surface area (Å²) < 4.78 is 468. The van der Waals surface area contributed by atoms with Gasteiger partial charge in [0.2, 0.25) is 0 Å². The van der Waals surface area contributed by atoms with E-state index in [1.54, 1.807) is 0 Å². The Labute approximate surface area is 390 Å². The Bertz CT molecular complexity index is 1970. The molecule has 38 heteroatoms. The molecule has 2 aromatic rings. The Morgan fingerprint density at radius 2 is 0.514 bits per heavy atom. The molecule has 0 fully saturated rings. The summed E-state index contributed by atoms with van der Waals surface area (Å²) in [6.45, 7) is -5.96. The minimum Gasteiger partial charge on any atom is -0.296 e. The van der Waals surface area contributed by atoms with E-state index in [2.05, 4.69) is 9.97 Å². The summed E-state index contributed by atoms with van der Waals surface area (Å²) in [4.78, 5) is 8.78. The van der Waals surface area contributed by atoms with Crippen molar-refractivity contribution in [3.05, 3.63) is 60.2 Å². The van der Waals surface area contributed by atoms with Crippen molar-refractivity contribution < 1.29 is 149 Å². The number of aromatic nitrogens is 2. The van der Waals surface area contributed by atoms with E-state index in [-0.39, 0.29) is 11.4 Å². The minimum absolute atomic E-state index is 0.212. The van der Waals surface area contributed by atoms with E-state index in [0.29, 0.717) is 9.80 Å². The van der Waals surface area contributed by atoms with E-state index in [9.17, 15) is 149 Å². The second-order valence-corrected chi connectivity index (χ2v) is 15.7. The third kappa shape index (κ3) is 11.2. The molecule has 74 heavy (non-hydrogen) atoms. The van der Waals surface area contributed by atoms with Crippen molar-refractivity contribution in [3.8, 4) is 0 Å². The van der Waals surface area contributed by atoms with Crippen molar-refractivity contribution in [2.24, 2.45) is 0 Å². The fourth-order valence-electron chi connectivity index (χ4n) is 6.02. The number of hydrogen-bond acceptors (Lipinski definition) is 4. The van der Waals surface area contributed by atoms with Crippen LogP contribution in [-0.4, -0.2) is 141 Å². The van der Waals surface area contributed by atoms with Gasteiger partial charge in [-0.2, -0.15) is 149 Å². The molecular weight excluding hydrogens is 1130 g/mol. The summed E-state index contributed by atoms with van der Waals surface area (Å²) in [7, 11) is 0. The SMILES string of the molecule is FC(F)(F)C(F)(F)C(F)(F)C(F)(F)C(F)(F)C(F)(F)C(F)(F)C(F)(F)CCCN(CCN(CCCC(F)(F)C(F)(F)C(F)(F)C(F)(F)C(F)(F)C(F)(F)C(F)(F)C(F)(F)F)Cc1ccccn1)Cc1ccccn1. The van der Waals surface area contributed by atoms with Crippen LogP contribution in [0.4, 0.5) is 149 Å². The molecule has 0 radical (unpaired) electrons. The van der Waals surface area contributed by atoms with E-state index in [1.807, 2.05) is 0 Å². The van der Waals surface area contributed by atoms with Crippen LogP contribution in [0.5, 0.6) is 0 Å². The molecule has 0 N–H and O–H groups in total. The Morgan fingerprint density at radius 1 is 0.284 bits per heavy atom. The van der Waals surface area contributed by atoms with E-state index in [0.717, 1.165) is 36.7 Å². The van der Waals surface area contributed by atoms with Crippen molar-refractivity contribution in [1.29, 1.82) is 0 Å². The van der Waals surface area contributed by atoms with Gasteiger partial charge in [0.1, 0.15) is 0 Å². The normalized spacial score (nSPS) is 15.7. The fourth-order valence-corrected chi connectivity index (χ4v) is 6.02. The van der Waals surface area contributed by atoms with Gasteiger partial charge in [0.05, 0.1) is 11.4 Å². The molecule has 0 saturated carbocycles. The van der Waals surface area contributed by atoms with Gasteiger partial charge in [0.15, 0.2) is 0 Å². The largest absolute Gasteiger partial charge is 0.460 e. The number of halogens is 34. The lowest BCUT2D eigenvalue weighted by atomic mass is 9.88. The molecule has 0 atom stereocenters. The zero-order chi connectivity index (χ0) is 58.5. The average Bonchev–Trinajstić information content (AvgIpc) is 3.24. The fraction of sp³-hybridized carbons (Fsp3) is 0.722. The third-order valence-electron chi connectivity index (χ3n) is 10.5. The highest BCUT2D eigenvalue weighted by atomic mass is 19.4. The Hall–Kier alpha value is -4.16. The molecule has 0 aromatic carbocycles. The first-order valence-electron chi connectivity index (χ1n) is 19.3. The quantitative estimate of drug-likeness (QED) is 0.0835. The summed E-state index contributed by atoms with van der Waals surface area (Å²) in [5.74, 6) is -117. The van der Waals surface area contributed by atoms with Gasteiger partial charge in [-0.25, -0.2) is 0 Å². The minimum atomic E-state index is -8.91. The average molecular weight is 1160 g/mol. The molecule has 0 amide bonds. The molecule has 0 bridgehead atoms. The molecule has 0 aliphatic carbocycles. The van der Waals surface area contributed by atoms with Gasteiger partial charge < -0.3 is 0 Å². The molecule has 430 valence electrons. The molecule has 4 nitrogen and oxygen atoms in total. The van der Waals surface area contributed by atoms with Crippen LogP contribution in [0.3, 0.4) is 0 Å². The highest BCUT2D eigenvalue weighted by Crippen LogP contribution is 2.66. The Balaban J connectivity index is 2.46. The highest BCUT2D eigenvalue weighted by molar-refractivity contribution is 5.17. The maximum atomic E-state index is 14.7. The van der Waals surface area contributed by atoms with Gasteiger partial charge in [-0.1, -0.05) is 12.1 Å². The van der Waals surface area contributed by atoms with Crippen molar-refractivity contribution in [2.45, 2.75) is 134 Å². The standard InChI is InChI=1S/C36H28F34N4/c37-21(38,23(41,42)25(45,46)27(49,50)29(53,54)31(57,58)33(61,62)35(65,66)67)9-5-13-73(17-19-7-1-3-11-71-19)15-16-74(18-20-8-2-4-12-72-20)14-6-10-22(39,40)24(43,44)26(47,48)28(51,52)30(55,56)32(59,60)34(63,64)36(68,69)70/h1-4,7-8,11-12H,5-6,9-10,13-18H2. The molecule has 2 aromatic heterocycles. The van der Waals surface area contributed by atoms with Crippen LogP contribution >= 0.6 is 0 Å². The van der Waals surface area contributed by atoms with Crippen LogP contribution < -0.4 is 0 Å². The van der Waals surface area contributed by atoms with Gasteiger partial charge in [-0.3, -0.25) is 19.8 Å². The number of rotatable bonds is 27. The third-order valence-corrected chi connectivity index (χ3v) is 10.5. The Morgan fingerprint density at radius 3 is 0.730 bits per heavy atom. The van der Waals surface area contributed by atoms with Gasteiger partial charge in [0.25, 0.3) is 0 Å². The van der Waals surface area contributed by atoms with Crippen LogP contribution in [0.2, 0.25) is 0 Å². The second kappa shape index (κ2) is 20.7. The monoisotopic (exact) mass is 1160 g/mol. The van der Waals surface area contributed by atoms with E-state index >= 15 is 0 Å². The number of nitrogens with zero attached hydrogens (tertiary/aromatic N) is 4. The molecular formula is C36H28F34N4. The first-order valence-corrected chi connectivity index (χ1v) is 19.3. The molecule has 0 aliphatic heterocycles. The maximum Gasteiger partial charge on any atom is 0.460 e. The van der Waals surface area contributed by atoms with Gasteiger partial charge >= 0.3 is 95.3 Å². The van der Waals surface area contributed by atoms with E-state index < -0.39 is 160 Å². The van der Waals surface area contributed by atoms with Crippen molar-refractivity contribution in [1.82, 2.24) is 19.8 Å². The lowest BCUT2D eigenvalue weighted by Gasteiger charge is -2.43. The topological polar surface area (TPSA) is 32.3 Å². The zero-order valence-electron chi connectivity index (χ0n) is 35.3. The van der Waals surface area contributed by atoms with E-state index in [1.165, 1.54) is 12.1 Å². The van der Waals surface area contributed by atoms with Gasteiger partial charge in [0, 0.05) is 51.4 Å². The first kappa shape index (κ1) is 66.0. The van der Waals surface area contributed by atoms with Crippen LogP contribution in [0, 0.1) is 0 Å². The maximum absolute atomic E-state index is 14.7. The van der Waals surface area contributed by atoms with Crippen molar-refractivity contribution >= 4 is 0 Å². The summed E-state index contributed by atoms with van der Waals surface area (Å²) in [6, 6.07) is 6.82. The van der Waals surface area contributed by atoms with Crippen LogP contribution in [0.25, 0.3) is 0 Å². The molecule has 0 saturated heterocycles. The molecule has 0 aliphatic rings. The van der Waals surface area contributed by atoms with Gasteiger partial charge in [-0.05, 0) is 50.2 Å². The zero-order valence-corrected chi connectivity index (χ0v) is 35.3. The summed E-state index contributed by atoms with van der Waals surface area (Å²) >= 11 is 0. The number of alkyl halides is 34. The van der Waals surface area contributed by atoms with Crippen molar-refractivity contribution in [3.63, 3.8) is 0 Å². The smallest absolute Gasteiger partial charge is 0.296 e. The van der Waals surface area contributed by atoms with Gasteiger partial charge in [-0.15, -0.1) is 0 Å². The van der Waals surface area contributed by atoms with E-state index in [4.69, 9.17) is 0 Å². The summed E-state index contributed by atoms with van der Waals surface area (Å²) in [5.41, 5.74) is -0.424. The Kier molecular flexibility index (Phi) is 18.4. The van der Waals surface area contributed by atoms with Crippen LogP contribution in [0.1, 0.15) is 37.1 Å². The lowest BCUT2D eigenvalue weighted by Crippen LogP contribution is -2.74. The first-order chi connectivity index (χ1) is 32.6. The summed E-state index contributed by atoms with van der Waals surface area (Å²) in [5, 5.41) is 0. The molecule has 2 heterocycles. The van der Waals surface area contributed by atoms with Crippen LogP contribution in [0.15, 0.2) is 48.8 Å².